The molecule has 2 aromatic carbocycles. The third-order valence-corrected chi connectivity index (χ3v) is 3.47. The van der Waals surface area contributed by atoms with E-state index in [1.165, 1.54) is 13.3 Å². The van der Waals surface area contributed by atoms with Crippen LogP contribution in [0.5, 0.6) is 11.5 Å². The molecule has 0 radical (unpaired) electrons. The Labute approximate surface area is 156 Å². The minimum Gasteiger partial charge on any atom is -0.504 e. The van der Waals surface area contributed by atoms with Gasteiger partial charge in [0.1, 0.15) is 0 Å². The molecule has 2 rings (SSSR count). The number of benzene rings is 2. The van der Waals surface area contributed by atoms with Crippen molar-refractivity contribution < 1.29 is 19.4 Å². The fourth-order valence-electron chi connectivity index (χ4n) is 2.03. The van der Waals surface area contributed by atoms with Gasteiger partial charge >= 0.3 is 5.97 Å². The first-order valence-corrected chi connectivity index (χ1v) is 8.19. The molecule has 0 heterocycles. The van der Waals surface area contributed by atoms with Crippen molar-refractivity contribution in [2.75, 3.05) is 19.0 Å². The highest BCUT2D eigenvalue weighted by molar-refractivity contribution is 7.80. The topological polar surface area (TPSA) is 92.2 Å². The van der Waals surface area contributed by atoms with Crippen LogP contribution in [0.25, 0.3) is 0 Å². The fraction of sp³-hybridized carbons (Fsp3) is 0.167. The van der Waals surface area contributed by atoms with Crippen LogP contribution in [0.15, 0.2) is 47.6 Å². The average Bonchev–Trinajstić information content (AvgIpc) is 2.64. The molecule has 0 amide bonds. The molecule has 0 bridgehead atoms. The van der Waals surface area contributed by atoms with Gasteiger partial charge in [0.25, 0.3) is 0 Å². The van der Waals surface area contributed by atoms with E-state index in [0.717, 1.165) is 0 Å². The van der Waals surface area contributed by atoms with Crippen LogP contribution in [0.2, 0.25) is 0 Å². The Balaban J connectivity index is 1.92. The quantitative estimate of drug-likeness (QED) is 0.310. The van der Waals surface area contributed by atoms with Crippen LogP contribution < -0.4 is 15.5 Å². The predicted octanol–water partition coefficient (Wildman–Crippen LogP) is 2.90. The number of ether oxygens (including phenoxy) is 2. The first-order valence-electron chi connectivity index (χ1n) is 7.78. The largest absolute Gasteiger partial charge is 0.504 e. The summed E-state index contributed by atoms with van der Waals surface area (Å²) in [5, 5.41) is 17.1. The summed E-state index contributed by atoms with van der Waals surface area (Å²) >= 11 is 5.14. The molecule has 7 nitrogen and oxygen atoms in total. The second kappa shape index (κ2) is 9.38. The number of hydrogen-bond donors (Lipinski definition) is 3. The molecule has 0 spiro atoms. The summed E-state index contributed by atoms with van der Waals surface area (Å²) in [6, 6.07) is 11.8. The number of nitrogens with one attached hydrogen (secondary N) is 2. The summed E-state index contributed by atoms with van der Waals surface area (Å²) in [5.41, 5.74) is 4.28. The van der Waals surface area contributed by atoms with Gasteiger partial charge < -0.3 is 19.9 Å². The molecular formula is C18H19N3O4S. The summed E-state index contributed by atoms with van der Waals surface area (Å²) < 4.78 is 9.95. The lowest BCUT2D eigenvalue weighted by atomic mass is 10.2. The number of hydrogen-bond acceptors (Lipinski definition) is 6. The third kappa shape index (κ3) is 5.18. The van der Waals surface area contributed by atoms with E-state index in [0.29, 0.717) is 29.2 Å². The fourth-order valence-corrected chi connectivity index (χ4v) is 2.20. The van der Waals surface area contributed by atoms with Crippen LogP contribution in [0, 0.1) is 0 Å². The normalized spacial score (nSPS) is 10.4. The van der Waals surface area contributed by atoms with Crippen molar-refractivity contribution in [3.8, 4) is 11.5 Å². The molecule has 0 aromatic heterocycles. The molecule has 0 atom stereocenters. The first-order chi connectivity index (χ1) is 12.5. The number of carbonyl (C=O) groups is 1. The summed E-state index contributed by atoms with van der Waals surface area (Å²) in [6.07, 6.45) is 1.43. The molecule has 3 N–H and O–H groups in total. The highest BCUT2D eigenvalue weighted by Crippen LogP contribution is 2.27. The Kier molecular flexibility index (Phi) is 6.92. The van der Waals surface area contributed by atoms with Gasteiger partial charge in [-0.15, -0.1) is 0 Å². The van der Waals surface area contributed by atoms with Gasteiger partial charge in [0.05, 0.1) is 25.5 Å². The molecule has 26 heavy (non-hydrogen) atoms. The Morgan fingerprint density at radius 1 is 1.27 bits per heavy atom. The Morgan fingerprint density at radius 2 is 2.00 bits per heavy atom. The van der Waals surface area contributed by atoms with E-state index in [2.05, 4.69) is 15.8 Å². The molecule has 136 valence electrons. The van der Waals surface area contributed by atoms with E-state index in [1.807, 2.05) is 0 Å². The number of rotatable bonds is 6. The lowest BCUT2D eigenvalue weighted by Crippen LogP contribution is -2.23. The van der Waals surface area contributed by atoms with Crippen molar-refractivity contribution in [3.05, 3.63) is 53.6 Å². The minimum atomic E-state index is -0.373. The van der Waals surface area contributed by atoms with Gasteiger partial charge in [0, 0.05) is 11.3 Å². The van der Waals surface area contributed by atoms with E-state index in [9.17, 15) is 9.90 Å². The van der Waals surface area contributed by atoms with Crippen LogP contribution in [-0.2, 0) is 4.74 Å². The number of hydrazone groups is 1. The number of thiocarbonyl (C=S) groups is 1. The number of carbonyl (C=O) groups excluding carboxylic acids is 1. The maximum Gasteiger partial charge on any atom is 0.338 e. The second-order valence-electron chi connectivity index (χ2n) is 5.02. The molecule has 0 aliphatic heterocycles. The molecule has 0 fully saturated rings. The summed E-state index contributed by atoms with van der Waals surface area (Å²) in [4.78, 5) is 11.6. The van der Waals surface area contributed by atoms with E-state index in [1.54, 1.807) is 49.4 Å². The van der Waals surface area contributed by atoms with Crippen molar-refractivity contribution in [2.45, 2.75) is 6.92 Å². The van der Waals surface area contributed by atoms with Crippen molar-refractivity contribution in [1.29, 1.82) is 0 Å². The summed E-state index contributed by atoms with van der Waals surface area (Å²) in [6.45, 7) is 2.08. The Morgan fingerprint density at radius 3 is 2.65 bits per heavy atom. The average molecular weight is 373 g/mol. The number of nitrogens with zero attached hydrogens (tertiary/aromatic N) is 1. The number of phenolic OH excluding ortho intramolecular Hbond substituents is 1. The lowest BCUT2D eigenvalue weighted by molar-refractivity contribution is 0.0526. The zero-order valence-electron chi connectivity index (χ0n) is 14.4. The maximum atomic E-state index is 11.6. The number of methoxy groups -OCH3 is 1. The highest BCUT2D eigenvalue weighted by Gasteiger charge is 2.06. The van der Waals surface area contributed by atoms with Crippen LogP contribution >= 0.6 is 12.2 Å². The SMILES string of the molecule is CCOC(=O)c1ccc(NC(=S)NN=Cc2cccc(OC)c2O)cc1. The lowest BCUT2D eigenvalue weighted by Gasteiger charge is -2.08. The zero-order valence-corrected chi connectivity index (χ0v) is 15.2. The Bertz CT molecular complexity index is 807. The van der Waals surface area contributed by atoms with Crippen molar-refractivity contribution in [3.63, 3.8) is 0 Å². The molecule has 0 saturated carbocycles. The number of phenols is 1. The van der Waals surface area contributed by atoms with Crippen LogP contribution in [-0.4, -0.2) is 36.1 Å². The van der Waals surface area contributed by atoms with E-state index in [4.69, 9.17) is 21.7 Å². The van der Waals surface area contributed by atoms with Crippen molar-refractivity contribution in [2.24, 2.45) is 5.10 Å². The van der Waals surface area contributed by atoms with E-state index >= 15 is 0 Å². The second-order valence-corrected chi connectivity index (χ2v) is 5.43. The van der Waals surface area contributed by atoms with Crippen molar-refractivity contribution >= 4 is 35.2 Å². The van der Waals surface area contributed by atoms with Gasteiger partial charge in [0.15, 0.2) is 16.6 Å². The first kappa shape index (κ1) is 19.2. The van der Waals surface area contributed by atoms with Gasteiger partial charge in [-0.3, -0.25) is 5.43 Å². The maximum absolute atomic E-state index is 11.6. The number of anilines is 1. The Hall–Kier alpha value is -3.13. The van der Waals surface area contributed by atoms with Gasteiger partial charge in [0.2, 0.25) is 0 Å². The molecule has 0 saturated heterocycles. The zero-order chi connectivity index (χ0) is 18.9. The highest BCUT2D eigenvalue weighted by atomic mass is 32.1. The monoisotopic (exact) mass is 373 g/mol. The van der Waals surface area contributed by atoms with E-state index < -0.39 is 0 Å². The van der Waals surface area contributed by atoms with Crippen LogP contribution in [0.1, 0.15) is 22.8 Å². The standard InChI is InChI=1S/C18H19N3O4S/c1-3-25-17(23)12-7-9-14(10-8-12)20-18(26)21-19-11-13-5-4-6-15(24-2)16(13)22/h4-11,22H,3H2,1-2H3,(H2,20,21,26). The minimum absolute atomic E-state index is 0.00557. The molecule has 0 aliphatic rings. The van der Waals surface area contributed by atoms with Crippen LogP contribution in [0.4, 0.5) is 5.69 Å². The predicted molar refractivity (Wildman–Crippen MR) is 104 cm³/mol. The molecule has 0 unspecified atom stereocenters. The summed E-state index contributed by atoms with van der Waals surface area (Å²) in [7, 11) is 1.47. The molecule has 0 aliphatic carbocycles. The smallest absolute Gasteiger partial charge is 0.338 e. The third-order valence-electron chi connectivity index (χ3n) is 3.27. The number of para-hydroxylation sites is 1. The molecule has 2 aromatic rings. The summed E-state index contributed by atoms with van der Waals surface area (Å²) in [5.74, 6) is -0.0206. The number of aromatic hydroxyl groups is 1. The van der Waals surface area contributed by atoms with Crippen molar-refractivity contribution in [1.82, 2.24) is 5.43 Å². The van der Waals surface area contributed by atoms with Gasteiger partial charge in [-0.2, -0.15) is 5.10 Å². The van der Waals surface area contributed by atoms with E-state index in [-0.39, 0.29) is 16.8 Å². The van der Waals surface area contributed by atoms with Gasteiger partial charge in [-0.1, -0.05) is 6.07 Å². The molecule has 8 heteroatoms. The molecular weight excluding hydrogens is 354 g/mol. The number of esters is 1. The van der Waals surface area contributed by atoms with Gasteiger partial charge in [-0.05, 0) is 55.5 Å². The van der Waals surface area contributed by atoms with Gasteiger partial charge in [-0.25, -0.2) is 4.79 Å². The van der Waals surface area contributed by atoms with Crippen LogP contribution in [0.3, 0.4) is 0 Å².